The molecule has 20 heavy (non-hydrogen) atoms. The van der Waals surface area contributed by atoms with Gasteiger partial charge in [0.1, 0.15) is 6.61 Å². The molecule has 3 heteroatoms. The summed E-state index contributed by atoms with van der Waals surface area (Å²) in [7, 11) is 0. The molecule has 2 nitrogen and oxygen atoms in total. The molecule has 2 saturated carbocycles. The van der Waals surface area contributed by atoms with Crippen LogP contribution in [0.3, 0.4) is 0 Å². The van der Waals surface area contributed by atoms with Crippen LogP contribution in [-0.4, -0.2) is 13.2 Å². The molecule has 0 bridgehead atoms. The molecule has 0 aliphatic heterocycles. The number of ether oxygens (including phenoxy) is 1. The molecule has 0 amide bonds. The summed E-state index contributed by atoms with van der Waals surface area (Å²) in [6.45, 7) is 0.506. The summed E-state index contributed by atoms with van der Waals surface area (Å²) in [6.07, 6.45) is 24.5. The molecule has 0 unspecified atom stereocenters. The van der Waals surface area contributed by atoms with E-state index in [9.17, 15) is 0 Å². The van der Waals surface area contributed by atoms with Gasteiger partial charge in [0.05, 0.1) is 18.2 Å². The number of allylic oxidation sites excluding steroid dienone is 1. The molecule has 10 radical (unpaired) electrons. The van der Waals surface area contributed by atoms with E-state index in [1.807, 2.05) is 57.8 Å². The van der Waals surface area contributed by atoms with Gasteiger partial charge in [0.25, 0.3) is 0 Å². The third-order valence-corrected chi connectivity index (χ3v) is 2.17. The summed E-state index contributed by atoms with van der Waals surface area (Å²) >= 11 is 0. The van der Waals surface area contributed by atoms with E-state index in [4.69, 9.17) is 16.4 Å². The maximum atomic E-state index is 8.77. The predicted molar refractivity (Wildman–Crippen MR) is 75.3 cm³/mol. The summed E-state index contributed by atoms with van der Waals surface area (Å²) in [6, 6.07) is 2.07. The summed E-state index contributed by atoms with van der Waals surface area (Å²) in [5, 5.41) is 8.77. The molecule has 0 aromatic rings. The van der Waals surface area contributed by atoms with Crippen LogP contribution in [0.15, 0.2) is 11.6 Å². The average Bonchev–Trinajstić information content (AvgIpc) is 3.13. The number of hydrogen-bond acceptors (Lipinski definition) is 2. The first-order valence-electron chi connectivity index (χ1n) is 5.87. The van der Waals surface area contributed by atoms with Gasteiger partial charge in [0.15, 0.2) is 0 Å². The summed E-state index contributed by atoms with van der Waals surface area (Å²) < 4.78 is 5.06. The number of nitriles is 1. The van der Waals surface area contributed by atoms with E-state index < -0.39 is 0 Å². The number of nitrogens with zero attached hydrogens (tertiary/aromatic N) is 1. The van der Waals surface area contributed by atoms with Gasteiger partial charge in [-0.3, -0.25) is 0 Å². The summed E-state index contributed by atoms with van der Waals surface area (Å²) in [4.78, 5) is 0. The van der Waals surface area contributed by atoms with Gasteiger partial charge >= 0.3 is 17.1 Å². The monoisotopic (exact) mass is 305 g/mol. The van der Waals surface area contributed by atoms with Crippen molar-refractivity contribution in [2.75, 3.05) is 13.2 Å². The molecule has 0 spiro atoms. The summed E-state index contributed by atoms with van der Waals surface area (Å²) in [5.74, 6) is 3.35. The van der Waals surface area contributed by atoms with E-state index in [0.29, 0.717) is 5.57 Å². The molecule has 0 heterocycles. The Morgan fingerprint density at radius 3 is 2.10 bits per heavy atom. The Bertz CT molecular complexity index is 333. The van der Waals surface area contributed by atoms with Crippen molar-refractivity contribution in [3.8, 4) is 18.4 Å². The topological polar surface area (TPSA) is 33.0 Å². The minimum Gasteiger partial charge on any atom is -0.363 e. The van der Waals surface area contributed by atoms with Crippen LogP contribution < -0.4 is 0 Å². The maximum Gasteiger partial charge on any atom is 2.00 e. The van der Waals surface area contributed by atoms with Crippen LogP contribution in [0.5, 0.6) is 0 Å². The van der Waals surface area contributed by atoms with Crippen LogP contribution in [0.2, 0.25) is 0 Å². The maximum absolute atomic E-state index is 8.77. The van der Waals surface area contributed by atoms with E-state index >= 15 is 0 Å². The fourth-order valence-corrected chi connectivity index (χ4v) is 1.33. The molecule has 0 aromatic carbocycles. The number of terminal acetylenes is 1. The second-order valence-electron chi connectivity index (χ2n) is 3.66. The van der Waals surface area contributed by atoms with Gasteiger partial charge in [-0.05, 0) is 57.8 Å². The molecule has 0 N–H and O–H groups in total. The van der Waals surface area contributed by atoms with Crippen LogP contribution in [0.1, 0.15) is 0 Å². The Hall–Kier alpha value is -0.731. The first-order chi connectivity index (χ1) is 9.36. The molecule has 100 valence electrons. The zero-order chi connectivity index (χ0) is 13.8. The van der Waals surface area contributed by atoms with Crippen LogP contribution in [-0.2, 0) is 21.8 Å². The standard InChI is InChI=1S/C12H10NO.C5H5.Fe/c1-2-7-14-10-12(9-13)8-11-5-3-4-6-11;1-2-4-5-3-1;/h1,3-6,8H,7,10H2;1-5H;/q;;+2/b12-8+;;. The van der Waals surface area contributed by atoms with Crippen molar-refractivity contribution in [2.45, 2.75) is 0 Å². The second kappa shape index (κ2) is 13.3. The minimum atomic E-state index is 0. The molecule has 2 aliphatic carbocycles. The smallest absolute Gasteiger partial charge is 0.363 e. The fraction of sp³-hybridized carbons (Fsp3) is 0.118. The third kappa shape index (κ3) is 9.22. The van der Waals surface area contributed by atoms with Gasteiger partial charge in [-0.15, -0.1) is 6.42 Å². The zero-order valence-corrected chi connectivity index (χ0v) is 12.1. The van der Waals surface area contributed by atoms with Gasteiger partial charge in [0.2, 0.25) is 0 Å². The first kappa shape index (κ1) is 19.3. The van der Waals surface area contributed by atoms with Gasteiger partial charge in [-0.2, -0.15) is 5.26 Å². The van der Waals surface area contributed by atoms with Gasteiger partial charge < -0.3 is 4.74 Å². The largest absolute Gasteiger partial charge is 2.00 e. The number of rotatable bonds is 4. The molecule has 2 aliphatic rings. The Kier molecular flexibility index (Phi) is 12.8. The Balaban J connectivity index is 0.000000507. The zero-order valence-electron chi connectivity index (χ0n) is 11.0. The normalized spacial score (nSPS) is 18.4. The van der Waals surface area contributed by atoms with Crippen molar-refractivity contribution < 1.29 is 21.8 Å². The van der Waals surface area contributed by atoms with Crippen molar-refractivity contribution in [3.05, 3.63) is 75.4 Å². The Labute approximate surface area is 134 Å². The molecular weight excluding hydrogens is 290 g/mol. The van der Waals surface area contributed by atoms with Crippen molar-refractivity contribution in [1.82, 2.24) is 0 Å². The van der Waals surface area contributed by atoms with E-state index in [-0.39, 0.29) is 30.3 Å². The quantitative estimate of drug-likeness (QED) is 0.346. The van der Waals surface area contributed by atoms with Gasteiger partial charge in [-0.25, -0.2) is 0 Å². The van der Waals surface area contributed by atoms with Crippen LogP contribution in [0.4, 0.5) is 0 Å². The Morgan fingerprint density at radius 2 is 1.65 bits per heavy atom. The van der Waals surface area contributed by atoms with Crippen molar-refractivity contribution in [3.63, 3.8) is 0 Å². The predicted octanol–water partition coefficient (Wildman–Crippen LogP) is 2.51. The third-order valence-electron chi connectivity index (χ3n) is 2.17. The molecule has 0 saturated heterocycles. The van der Waals surface area contributed by atoms with E-state index in [1.165, 1.54) is 0 Å². The second-order valence-corrected chi connectivity index (χ2v) is 3.66. The van der Waals surface area contributed by atoms with Crippen molar-refractivity contribution >= 4 is 0 Å². The van der Waals surface area contributed by atoms with Crippen LogP contribution >= 0.6 is 0 Å². The van der Waals surface area contributed by atoms with E-state index in [0.717, 1.165) is 5.92 Å². The molecule has 2 fully saturated rings. The van der Waals surface area contributed by atoms with Gasteiger partial charge in [-0.1, -0.05) is 12.0 Å². The Morgan fingerprint density at radius 1 is 1.10 bits per heavy atom. The first-order valence-corrected chi connectivity index (χ1v) is 5.87. The molecule has 0 aromatic heterocycles. The fourth-order valence-electron chi connectivity index (χ4n) is 1.33. The van der Waals surface area contributed by atoms with Gasteiger partial charge in [0, 0.05) is 5.92 Å². The van der Waals surface area contributed by atoms with Crippen LogP contribution in [0, 0.1) is 87.4 Å². The molecule has 2 rings (SSSR count). The molecular formula is C17H15FeNO+2. The van der Waals surface area contributed by atoms with Crippen molar-refractivity contribution in [1.29, 1.82) is 5.26 Å². The van der Waals surface area contributed by atoms with Crippen LogP contribution in [0.25, 0.3) is 0 Å². The minimum absolute atomic E-state index is 0. The van der Waals surface area contributed by atoms with E-state index in [2.05, 4.69) is 12.0 Å². The molecule has 0 atom stereocenters. The SMILES string of the molecule is C#CCOC/C(C#N)=C/[C]1[CH][CH][CH][CH]1.[CH]1[CH][CH][CH][CH]1.[Fe+2]. The van der Waals surface area contributed by atoms with Crippen molar-refractivity contribution in [2.24, 2.45) is 0 Å². The summed E-state index contributed by atoms with van der Waals surface area (Å²) in [5.41, 5.74) is 0.575. The number of hydrogen-bond donors (Lipinski definition) is 0. The average molecular weight is 305 g/mol. The van der Waals surface area contributed by atoms with E-state index in [1.54, 1.807) is 6.08 Å².